The number of allylic oxidation sites excluding steroid dienone is 1. The minimum Gasteiger partial charge on any atom is -0.496 e. The quantitative estimate of drug-likeness (QED) is 0.220. The summed E-state index contributed by atoms with van der Waals surface area (Å²) in [5.41, 5.74) is 3.28. The van der Waals surface area contributed by atoms with Crippen LogP contribution < -0.4 is 20.6 Å². The number of hydrogen-bond acceptors (Lipinski definition) is 6. The van der Waals surface area contributed by atoms with Crippen molar-refractivity contribution in [3.8, 4) is 11.5 Å². The molecule has 8 nitrogen and oxygen atoms in total. The topological polar surface area (TPSA) is 97.1 Å². The third-order valence-electron chi connectivity index (χ3n) is 4.53. The smallest absolute Gasteiger partial charge is 0.335 e. The predicted molar refractivity (Wildman–Crippen MR) is 121 cm³/mol. The molecule has 2 rings (SSSR count). The second-order valence-electron chi connectivity index (χ2n) is 7.40. The molecule has 8 heteroatoms. The summed E-state index contributed by atoms with van der Waals surface area (Å²) in [7, 11) is 6.75. The fourth-order valence-electron chi connectivity index (χ4n) is 3.00. The summed E-state index contributed by atoms with van der Waals surface area (Å²) in [6, 6.07) is 10.2. The van der Waals surface area contributed by atoms with Crippen molar-refractivity contribution < 1.29 is 19.1 Å². The third kappa shape index (κ3) is 6.23. The standard InChI is InChI=1S/C23H30N4O4/c1-15-12-17(22(28)16(2)13-26(3)4)10-11-20(15)31-14-18-19(25-23(29)27(5)24)8-7-9-21(18)30-6/h7-13H,14,24H2,1-6H3,(H,25,29)/b16-13+. The van der Waals surface area contributed by atoms with Crippen molar-refractivity contribution in [3.63, 3.8) is 0 Å². The number of aryl methyl sites for hydroxylation is 1. The first-order valence-electron chi connectivity index (χ1n) is 9.72. The van der Waals surface area contributed by atoms with E-state index in [0.29, 0.717) is 33.9 Å². The molecule has 0 fully saturated rings. The number of benzene rings is 2. The Morgan fingerprint density at radius 2 is 1.84 bits per heavy atom. The van der Waals surface area contributed by atoms with Gasteiger partial charge in [0.25, 0.3) is 0 Å². The molecule has 0 aliphatic heterocycles. The van der Waals surface area contributed by atoms with Crippen LogP contribution in [0.2, 0.25) is 0 Å². The van der Waals surface area contributed by atoms with Gasteiger partial charge in [0, 0.05) is 38.5 Å². The van der Waals surface area contributed by atoms with Gasteiger partial charge in [-0.3, -0.25) is 9.80 Å². The highest BCUT2D eigenvalue weighted by molar-refractivity contribution is 6.08. The largest absolute Gasteiger partial charge is 0.496 e. The molecular formula is C23H30N4O4. The summed E-state index contributed by atoms with van der Waals surface area (Å²) in [5, 5.41) is 3.69. The summed E-state index contributed by atoms with van der Waals surface area (Å²) in [6.45, 7) is 3.82. The van der Waals surface area contributed by atoms with Crippen LogP contribution in [0.1, 0.15) is 28.4 Å². The van der Waals surface area contributed by atoms with Gasteiger partial charge in [-0.05, 0) is 49.7 Å². The van der Waals surface area contributed by atoms with Crippen LogP contribution in [0.25, 0.3) is 0 Å². The van der Waals surface area contributed by atoms with E-state index in [4.69, 9.17) is 15.3 Å². The number of urea groups is 1. The molecule has 0 bridgehead atoms. The number of carbonyl (C=O) groups is 2. The first-order valence-corrected chi connectivity index (χ1v) is 9.72. The molecule has 0 heterocycles. The number of anilines is 1. The van der Waals surface area contributed by atoms with Crippen LogP contribution in [0, 0.1) is 6.92 Å². The average Bonchev–Trinajstić information content (AvgIpc) is 2.72. The van der Waals surface area contributed by atoms with E-state index >= 15 is 0 Å². The maximum absolute atomic E-state index is 12.6. The predicted octanol–water partition coefficient (Wildman–Crippen LogP) is 3.57. The number of Topliss-reactive ketones (excluding diaryl/α,β-unsaturated/α-hetero) is 1. The normalized spacial score (nSPS) is 11.0. The van der Waals surface area contributed by atoms with Gasteiger partial charge >= 0.3 is 6.03 Å². The number of methoxy groups -OCH3 is 1. The fraction of sp³-hybridized carbons (Fsp3) is 0.304. The van der Waals surface area contributed by atoms with E-state index in [-0.39, 0.29) is 12.4 Å². The zero-order valence-corrected chi connectivity index (χ0v) is 18.9. The molecule has 0 spiro atoms. The highest BCUT2D eigenvalue weighted by Gasteiger charge is 2.15. The molecule has 0 aliphatic rings. The van der Waals surface area contributed by atoms with Crippen LogP contribution >= 0.6 is 0 Å². The Morgan fingerprint density at radius 1 is 1.13 bits per heavy atom. The lowest BCUT2D eigenvalue weighted by molar-refractivity contribution is 0.103. The van der Waals surface area contributed by atoms with Crippen LogP contribution in [-0.4, -0.2) is 50.0 Å². The third-order valence-corrected chi connectivity index (χ3v) is 4.53. The first kappa shape index (κ1) is 23.8. The molecule has 31 heavy (non-hydrogen) atoms. The van der Waals surface area contributed by atoms with Crippen LogP contribution in [0.15, 0.2) is 48.2 Å². The van der Waals surface area contributed by atoms with Crippen molar-refractivity contribution in [2.24, 2.45) is 5.84 Å². The molecule has 0 unspecified atom stereocenters. The molecule has 0 aliphatic carbocycles. The van der Waals surface area contributed by atoms with E-state index in [2.05, 4.69) is 5.32 Å². The number of ether oxygens (including phenoxy) is 2. The van der Waals surface area contributed by atoms with Crippen molar-refractivity contribution >= 4 is 17.5 Å². The summed E-state index contributed by atoms with van der Waals surface area (Å²) in [6.07, 6.45) is 1.79. The lowest BCUT2D eigenvalue weighted by atomic mass is 10.0. The van der Waals surface area contributed by atoms with Gasteiger partial charge in [-0.1, -0.05) is 6.07 Å². The molecule has 3 N–H and O–H groups in total. The van der Waals surface area contributed by atoms with Crippen molar-refractivity contribution in [1.29, 1.82) is 0 Å². The van der Waals surface area contributed by atoms with Crippen LogP contribution in [-0.2, 0) is 6.61 Å². The Labute approximate surface area is 183 Å². The molecular weight excluding hydrogens is 396 g/mol. The summed E-state index contributed by atoms with van der Waals surface area (Å²) in [4.78, 5) is 26.4. The Hall–Kier alpha value is -3.52. The van der Waals surface area contributed by atoms with Crippen LogP contribution in [0.5, 0.6) is 11.5 Å². The number of hydrazine groups is 1. The molecule has 2 amide bonds. The zero-order chi connectivity index (χ0) is 23.1. The summed E-state index contributed by atoms with van der Waals surface area (Å²) in [5.74, 6) is 6.67. The molecule has 0 radical (unpaired) electrons. The number of nitrogens with zero attached hydrogens (tertiary/aromatic N) is 2. The number of nitrogens with two attached hydrogens (primary N) is 1. The number of ketones is 1. The van der Waals surface area contributed by atoms with Gasteiger partial charge in [0.05, 0.1) is 18.4 Å². The van der Waals surface area contributed by atoms with Crippen molar-refractivity contribution in [2.45, 2.75) is 20.5 Å². The van der Waals surface area contributed by atoms with E-state index in [1.807, 2.05) is 25.9 Å². The van der Waals surface area contributed by atoms with E-state index in [9.17, 15) is 9.59 Å². The number of nitrogens with one attached hydrogen (secondary N) is 1. The molecule has 166 valence electrons. The number of amides is 2. The molecule has 2 aromatic rings. The Bertz CT molecular complexity index is 984. The van der Waals surface area contributed by atoms with E-state index in [0.717, 1.165) is 10.6 Å². The van der Waals surface area contributed by atoms with E-state index in [1.54, 1.807) is 56.6 Å². The van der Waals surface area contributed by atoms with E-state index < -0.39 is 6.03 Å². The SMILES string of the molecule is COc1cccc(NC(=O)N(C)N)c1COc1ccc(C(=O)/C(C)=C/N(C)C)cc1C. The number of carbonyl (C=O) groups excluding carboxylic acids is 2. The van der Waals surface area contributed by atoms with Gasteiger partial charge in [0.15, 0.2) is 5.78 Å². The van der Waals surface area contributed by atoms with Gasteiger partial charge in [-0.15, -0.1) is 0 Å². The van der Waals surface area contributed by atoms with Crippen molar-refractivity contribution in [2.75, 3.05) is 33.6 Å². The van der Waals surface area contributed by atoms with Gasteiger partial charge < -0.3 is 19.7 Å². The van der Waals surface area contributed by atoms with Gasteiger partial charge in [-0.25, -0.2) is 10.6 Å². The highest BCUT2D eigenvalue weighted by atomic mass is 16.5. The number of rotatable bonds is 8. The molecule has 0 aromatic heterocycles. The second-order valence-corrected chi connectivity index (χ2v) is 7.40. The Morgan fingerprint density at radius 3 is 2.42 bits per heavy atom. The average molecular weight is 427 g/mol. The molecule has 0 atom stereocenters. The van der Waals surface area contributed by atoms with Crippen molar-refractivity contribution in [1.82, 2.24) is 9.91 Å². The summed E-state index contributed by atoms with van der Waals surface area (Å²) < 4.78 is 11.4. The lowest BCUT2D eigenvalue weighted by Gasteiger charge is -2.18. The first-order chi connectivity index (χ1) is 14.6. The Kier molecular flexibility index (Phi) is 8.04. The molecule has 2 aromatic carbocycles. The highest BCUT2D eigenvalue weighted by Crippen LogP contribution is 2.29. The fourth-order valence-corrected chi connectivity index (χ4v) is 3.00. The van der Waals surface area contributed by atoms with Gasteiger partial charge in [0.1, 0.15) is 18.1 Å². The monoisotopic (exact) mass is 426 g/mol. The minimum atomic E-state index is -0.463. The zero-order valence-electron chi connectivity index (χ0n) is 18.9. The van der Waals surface area contributed by atoms with E-state index in [1.165, 1.54) is 7.05 Å². The van der Waals surface area contributed by atoms with Crippen LogP contribution in [0.3, 0.4) is 0 Å². The number of hydrogen-bond donors (Lipinski definition) is 2. The van der Waals surface area contributed by atoms with Crippen LogP contribution in [0.4, 0.5) is 10.5 Å². The van der Waals surface area contributed by atoms with Gasteiger partial charge in [0.2, 0.25) is 0 Å². The van der Waals surface area contributed by atoms with Crippen molar-refractivity contribution in [3.05, 3.63) is 64.9 Å². The minimum absolute atomic E-state index is 0.0380. The second kappa shape index (κ2) is 10.5. The maximum atomic E-state index is 12.6. The summed E-state index contributed by atoms with van der Waals surface area (Å²) >= 11 is 0. The maximum Gasteiger partial charge on any atom is 0.335 e. The molecule has 0 saturated carbocycles. The molecule has 0 saturated heterocycles. The Balaban J connectivity index is 2.23. The lowest BCUT2D eigenvalue weighted by Crippen LogP contribution is -2.37. The van der Waals surface area contributed by atoms with Gasteiger partial charge in [-0.2, -0.15) is 0 Å².